The van der Waals surface area contributed by atoms with Crippen LogP contribution in [0.1, 0.15) is 5.56 Å². The first-order chi connectivity index (χ1) is 5.83. The van der Waals surface area contributed by atoms with E-state index in [9.17, 15) is 4.79 Å². The third-order valence-electron chi connectivity index (χ3n) is 1.58. The highest BCUT2D eigenvalue weighted by molar-refractivity contribution is 5.77. The van der Waals surface area contributed by atoms with E-state index in [4.69, 9.17) is 5.73 Å². The maximum absolute atomic E-state index is 10.7. The van der Waals surface area contributed by atoms with E-state index in [0.717, 1.165) is 6.42 Å². The monoisotopic (exact) mass is 167 g/mol. The Balaban J connectivity index is 2.15. The van der Waals surface area contributed by atoms with Crippen molar-refractivity contribution in [2.45, 2.75) is 6.42 Å². The lowest BCUT2D eigenvalue weighted by Crippen LogP contribution is -2.31. The molecule has 0 unspecified atom stereocenters. The summed E-state index contributed by atoms with van der Waals surface area (Å²) in [5.74, 6) is -0.106. The van der Waals surface area contributed by atoms with Crippen LogP contribution in [0.3, 0.4) is 0 Å². The molecule has 0 saturated heterocycles. The summed E-state index contributed by atoms with van der Waals surface area (Å²) in [6.07, 6.45) is 4.62. The van der Waals surface area contributed by atoms with Crippen molar-refractivity contribution in [1.29, 1.82) is 0 Å². The fraction of sp³-hybridized carbons (Fsp3) is 0.375. The number of aromatic nitrogens is 1. The quantitative estimate of drug-likeness (QED) is 0.572. The molecule has 0 aliphatic carbocycles. The van der Waals surface area contributed by atoms with Gasteiger partial charge < -0.3 is 16.0 Å². The average Bonchev–Trinajstić information content (AvgIpc) is 2.57. The molecule has 0 aromatic carbocycles. The summed E-state index contributed by atoms with van der Waals surface area (Å²) in [6.45, 7) is 0.709. The zero-order valence-electron chi connectivity index (χ0n) is 6.84. The van der Waals surface area contributed by atoms with Crippen LogP contribution >= 0.6 is 0 Å². The number of nitrogens with two attached hydrogens (primary N) is 1. The highest BCUT2D eigenvalue weighted by Crippen LogP contribution is 1.95. The first kappa shape index (κ1) is 8.80. The van der Waals surface area contributed by atoms with E-state index in [-0.39, 0.29) is 12.5 Å². The Morgan fingerprint density at radius 1 is 1.67 bits per heavy atom. The molecule has 4 N–H and O–H groups in total. The first-order valence-corrected chi connectivity index (χ1v) is 3.91. The Kier molecular flexibility index (Phi) is 3.35. The molecule has 0 fully saturated rings. The minimum Gasteiger partial charge on any atom is -0.367 e. The van der Waals surface area contributed by atoms with Crippen molar-refractivity contribution in [2.24, 2.45) is 5.73 Å². The molecule has 4 heteroatoms. The normalized spacial score (nSPS) is 9.75. The Labute approximate surface area is 71.2 Å². The molecular formula is C8H13N3O. The van der Waals surface area contributed by atoms with Crippen molar-refractivity contribution in [1.82, 2.24) is 10.3 Å². The lowest BCUT2D eigenvalue weighted by atomic mass is 10.2. The van der Waals surface area contributed by atoms with Gasteiger partial charge in [-0.25, -0.2) is 0 Å². The number of H-pyrrole nitrogens is 1. The van der Waals surface area contributed by atoms with Gasteiger partial charge in [0.15, 0.2) is 0 Å². The maximum atomic E-state index is 10.7. The molecular weight excluding hydrogens is 154 g/mol. The van der Waals surface area contributed by atoms with Gasteiger partial charge >= 0.3 is 0 Å². The Morgan fingerprint density at radius 2 is 2.50 bits per heavy atom. The molecule has 0 spiro atoms. The molecule has 0 saturated carbocycles. The van der Waals surface area contributed by atoms with E-state index in [1.54, 1.807) is 0 Å². The molecule has 0 bridgehead atoms. The van der Waals surface area contributed by atoms with E-state index < -0.39 is 0 Å². The lowest BCUT2D eigenvalue weighted by molar-refractivity contribution is -0.119. The van der Waals surface area contributed by atoms with Gasteiger partial charge in [-0.05, 0) is 18.1 Å². The Hall–Kier alpha value is -1.29. The van der Waals surface area contributed by atoms with Crippen LogP contribution in [0.5, 0.6) is 0 Å². The van der Waals surface area contributed by atoms with E-state index in [1.807, 2.05) is 18.5 Å². The van der Waals surface area contributed by atoms with Gasteiger partial charge in [0.25, 0.3) is 0 Å². The fourth-order valence-corrected chi connectivity index (χ4v) is 0.932. The minimum absolute atomic E-state index is 0.0626. The first-order valence-electron chi connectivity index (χ1n) is 3.91. The topological polar surface area (TPSA) is 70.9 Å². The molecule has 0 radical (unpaired) electrons. The number of nitrogens with one attached hydrogen (secondary N) is 2. The van der Waals surface area contributed by atoms with Gasteiger partial charge in [0.1, 0.15) is 0 Å². The van der Waals surface area contributed by atoms with E-state index >= 15 is 0 Å². The summed E-state index contributed by atoms with van der Waals surface area (Å²) in [6, 6.07) is 1.98. The van der Waals surface area contributed by atoms with Crippen LogP contribution in [-0.4, -0.2) is 24.0 Å². The summed E-state index contributed by atoms with van der Waals surface area (Å²) >= 11 is 0. The Bertz CT molecular complexity index is 230. The number of carbonyl (C=O) groups excluding carboxylic acids is 1. The van der Waals surface area contributed by atoms with E-state index in [1.165, 1.54) is 5.56 Å². The van der Waals surface area contributed by atoms with Crippen molar-refractivity contribution < 1.29 is 4.79 Å². The summed E-state index contributed by atoms with van der Waals surface area (Å²) in [4.78, 5) is 13.6. The number of rotatable bonds is 4. The predicted octanol–water partition coefficient (Wildman–Crippen LogP) is -0.368. The largest absolute Gasteiger partial charge is 0.367 e. The van der Waals surface area contributed by atoms with Crippen LogP contribution in [0.25, 0.3) is 0 Å². The minimum atomic E-state index is -0.106. The van der Waals surface area contributed by atoms with Gasteiger partial charge in [-0.2, -0.15) is 0 Å². The summed E-state index contributed by atoms with van der Waals surface area (Å²) in [5, 5.41) is 2.69. The van der Waals surface area contributed by atoms with E-state index in [0.29, 0.717) is 6.54 Å². The summed E-state index contributed by atoms with van der Waals surface area (Å²) in [7, 11) is 0. The smallest absolute Gasteiger partial charge is 0.233 e. The number of hydrogen-bond donors (Lipinski definition) is 3. The molecule has 1 rings (SSSR count). The van der Waals surface area contributed by atoms with Crippen molar-refractivity contribution >= 4 is 5.91 Å². The van der Waals surface area contributed by atoms with Crippen LogP contribution in [0, 0.1) is 0 Å². The number of hydrogen-bond acceptors (Lipinski definition) is 2. The highest BCUT2D eigenvalue weighted by atomic mass is 16.1. The summed E-state index contributed by atoms with van der Waals surface area (Å²) < 4.78 is 0. The molecule has 1 amide bonds. The molecule has 4 nitrogen and oxygen atoms in total. The number of amides is 1. The van der Waals surface area contributed by atoms with Gasteiger partial charge in [0, 0.05) is 18.9 Å². The summed E-state index contributed by atoms with van der Waals surface area (Å²) in [5.41, 5.74) is 6.30. The van der Waals surface area contributed by atoms with E-state index in [2.05, 4.69) is 10.3 Å². The third kappa shape index (κ3) is 2.75. The van der Waals surface area contributed by atoms with Gasteiger partial charge in [-0.3, -0.25) is 4.79 Å². The van der Waals surface area contributed by atoms with Crippen molar-refractivity contribution in [3.63, 3.8) is 0 Å². The van der Waals surface area contributed by atoms with Crippen molar-refractivity contribution in [2.75, 3.05) is 13.1 Å². The molecule has 12 heavy (non-hydrogen) atoms. The number of carbonyl (C=O) groups is 1. The SMILES string of the molecule is NCC(=O)NCCc1cc[nH]c1. The standard InChI is InChI=1S/C8H13N3O/c9-5-8(12)11-4-2-7-1-3-10-6-7/h1,3,6,10H,2,4-5,9H2,(H,11,12). The maximum Gasteiger partial charge on any atom is 0.233 e. The van der Waals surface area contributed by atoms with Gasteiger partial charge in [-0.1, -0.05) is 0 Å². The molecule has 1 aromatic rings. The zero-order chi connectivity index (χ0) is 8.81. The molecule has 1 aromatic heterocycles. The highest BCUT2D eigenvalue weighted by Gasteiger charge is 1.96. The predicted molar refractivity (Wildman–Crippen MR) is 46.6 cm³/mol. The van der Waals surface area contributed by atoms with Crippen LogP contribution in [0.4, 0.5) is 0 Å². The van der Waals surface area contributed by atoms with Crippen LogP contribution in [0.2, 0.25) is 0 Å². The van der Waals surface area contributed by atoms with Crippen molar-refractivity contribution in [3.8, 4) is 0 Å². The second-order valence-corrected chi connectivity index (χ2v) is 2.52. The molecule has 0 aliphatic rings. The average molecular weight is 167 g/mol. The molecule has 0 aliphatic heterocycles. The van der Waals surface area contributed by atoms with Gasteiger partial charge in [0.2, 0.25) is 5.91 Å². The second-order valence-electron chi connectivity index (χ2n) is 2.52. The van der Waals surface area contributed by atoms with Crippen molar-refractivity contribution in [3.05, 3.63) is 24.0 Å². The van der Waals surface area contributed by atoms with Gasteiger partial charge in [0.05, 0.1) is 6.54 Å². The van der Waals surface area contributed by atoms with Crippen LogP contribution in [0.15, 0.2) is 18.5 Å². The zero-order valence-corrected chi connectivity index (χ0v) is 6.84. The number of aromatic amines is 1. The molecule has 66 valence electrons. The van der Waals surface area contributed by atoms with Gasteiger partial charge in [-0.15, -0.1) is 0 Å². The Morgan fingerprint density at radius 3 is 3.08 bits per heavy atom. The lowest BCUT2D eigenvalue weighted by Gasteiger charge is -2.00. The third-order valence-corrected chi connectivity index (χ3v) is 1.58. The second kappa shape index (κ2) is 4.56. The van der Waals surface area contributed by atoms with Crippen LogP contribution < -0.4 is 11.1 Å². The van der Waals surface area contributed by atoms with Crippen LogP contribution in [-0.2, 0) is 11.2 Å². The molecule has 1 heterocycles. The molecule has 0 atom stereocenters. The fourth-order valence-electron chi connectivity index (χ4n) is 0.932.